The maximum Gasteiger partial charge on any atom is 0.159 e. The average molecular weight is 207 g/mol. The predicted octanol–water partition coefficient (Wildman–Crippen LogP) is 1.93. The van der Waals surface area contributed by atoms with Gasteiger partial charge >= 0.3 is 0 Å². The maximum atomic E-state index is 5.58. The molecule has 0 fully saturated rings. The third-order valence-electron chi connectivity index (χ3n) is 0.944. The first-order valence-corrected chi connectivity index (χ1v) is 4.18. The van der Waals surface area contributed by atoms with E-state index in [2.05, 4.69) is 20.9 Å². The van der Waals surface area contributed by atoms with Gasteiger partial charge in [0, 0.05) is 17.1 Å². The summed E-state index contributed by atoms with van der Waals surface area (Å²) in [5.41, 5.74) is 5.58. The molecule has 1 aromatic rings. The van der Waals surface area contributed by atoms with E-state index in [0.29, 0.717) is 0 Å². The van der Waals surface area contributed by atoms with E-state index in [1.54, 1.807) is 17.5 Å². The van der Waals surface area contributed by atoms with Gasteiger partial charge in [-0.15, -0.1) is 11.3 Å². The summed E-state index contributed by atoms with van der Waals surface area (Å²) in [5.74, 6) is 0. The van der Waals surface area contributed by atoms with Crippen LogP contribution < -0.4 is 5.73 Å². The highest BCUT2D eigenvalue weighted by Gasteiger charge is 2.01. The lowest BCUT2D eigenvalue weighted by Crippen LogP contribution is -2.01. The molecule has 0 unspecified atom stereocenters. The molecule has 0 spiro atoms. The standard InChI is InChI=1S/C5H7BrN2S/c1-3(7)4-2-8-5(6)9-4/h2-3H,7H2,1H3/t3-/m1/s1. The van der Waals surface area contributed by atoms with E-state index in [1.165, 1.54) is 0 Å². The Balaban J connectivity index is 2.85. The number of aromatic nitrogens is 1. The van der Waals surface area contributed by atoms with Gasteiger partial charge in [0.05, 0.1) is 0 Å². The number of hydrogen-bond donors (Lipinski definition) is 1. The number of rotatable bonds is 1. The number of halogens is 1. The van der Waals surface area contributed by atoms with Crippen molar-refractivity contribution in [1.82, 2.24) is 4.98 Å². The fourth-order valence-electron chi connectivity index (χ4n) is 0.475. The minimum absolute atomic E-state index is 0.105. The van der Waals surface area contributed by atoms with Crippen LogP contribution in [0.25, 0.3) is 0 Å². The Kier molecular flexibility index (Phi) is 2.21. The van der Waals surface area contributed by atoms with Crippen molar-refractivity contribution in [3.05, 3.63) is 15.0 Å². The molecule has 0 saturated heterocycles. The van der Waals surface area contributed by atoms with E-state index in [1.807, 2.05) is 6.92 Å². The molecule has 0 amide bonds. The highest BCUT2D eigenvalue weighted by molar-refractivity contribution is 9.11. The molecular weight excluding hydrogens is 200 g/mol. The Hall–Kier alpha value is 0.0700. The molecule has 0 saturated carbocycles. The minimum atomic E-state index is 0.105. The van der Waals surface area contributed by atoms with Gasteiger partial charge in [0.15, 0.2) is 3.92 Å². The lowest BCUT2D eigenvalue weighted by Gasteiger charge is -1.95. The number of hydrogen-bond acceptors (Lipinski definition) is 3. The molecule has 4 heteroatoms. The SMILES string of the molecule is C[C@@H](N)c1cnc(Br)s1. The van der Waals surface area contributed by atoms with Crippen molar-refractivity contribution in [3.63, 3.8) is 0 Å². The summed E-state index contributed by atoms with van der Waals surface area (Å²) in [5, 5.41) is 0. The van der Waals surface area contributed by atoms with Crippen LogP contribution in [0, 0.1) is 0 Å². The summed E-state index contributed by atoms with van der Waals surface area (Å²) < 4.78 is 0.898. The van der Waals surface area contributed by atoms with Crippen LogP contribution in [0.15, 0.2) is 10.1 Å². The lowest BCUT2D eigenvalue weighted by atomic mass is 10.3. The van der Waals surface area contributed by atoms with Crippen LogP contribution in [0.1, 0.15) is 17.8 Å². The molecule has 9 heavy (non-hydrogen) atoms. The zero-order valence-electron chi connectivity index (χ0n) is 4.97. The first-order chi connectivity index (χ1) is 4.20. The van der Waals surface area contributed by atoms with Crippen LogP contribution in [0.5, 0.6) is 0 Å². The largest absolute Gasteiger partial charge is 0.323 e. The van der Waals surface area contributed by atoms with Crippen LogP contribution in [0.4, 0.5) is 0 Å². The second kappa shape index (κ2) is 2.77. The van der Waals surface area contributed by atoms with Crippen molar-refractivity contribution in [2.45, 2.75) is 13.0 Å². The van der Waals surface area contributed by atoms with Crippen LogP contribution >= 0.6 is 27.3 Å². The van der Waals surface area contributed by atoms with Gasteiger partial charge in [0.2, 0.25) is 0 Å². The van der Waals surface area contributed by atoms with Gasteiger partial charge in [0.1, 0.15) is 0 Å². The van der Waals surface area contributed by atoms with Gasteiger partial charge in [0.25, 0.3) is 0 Å². The molecule has 2 N–H and O–H groups in total. The Morgan fingerprint density at radius 3 is 2.78 bits per heavy atom. The van der Waals surface area contributed by atoms with Crippen LogP contribution in [0.3, 0.4) is 0 Å². The normalized spacial score (nSPS) is 13.7. The fourth-order valence-corrected chi connectivity index (χ4v) is 1.73. The van der Waals surface area contributed by atoms with E-state index < -0.39 is 0 Å². The van der Waals surface area contributed by atoms with Gasteiger partial charge in [-0.05, 0) is 22.9 Å². The van der Waals surface area contributed by atoms with E-state index in [-0.39, 0.29) is 6.04 Å². The highest BCUT2D eigenvalue weighted by atomic mass is 79.9. The molecule has 1 atom stereocenters. The molecule has 2 nitrogen and oxygen atoms in total. The highest BCUT2D eigenvalue weighted by Crippen LogP contribution is 2.22. The molecular formula is C5H7BrN2S. The van der Waals surface area contributed by atoms with E-state index in [0.717, 1.165) is 8.79 Å². The van der Waals surface area contributed by atoms with Crippen LogP contribution in [-0.2, 0) is 0 Å². The third kappa shape index (κ3) is 1.74. The molecule has 1 rings (SSSR count). The smallest absolute Gasteiger partial charge is 0.159 e. The van der Waals surface area contributed by atoms with Gasteiger partial charge in [-0.25, -0.2) is 4.98 Å². The van der Waals surface area contributed by atoms with Crippen molar-refractivity contribution >= 4 is 27.3 Å². The summed E-state index contributed by atoms with van der Waals surface area (Å²) >= 11 is 4.83. The molecule has 1 aromatic heterocycles. The van der Waals surface area contributed by atoms with Gasteiger partial charge in [-0.1, -0.05) is 0 Å². The molecule has 0 radical (unpaired) electrons. The van der Waals surface area contributed by atoms with E-state index in [9.17, 15) is 0 Å². The van der Waals surface area contributed by atoms with E-state index >= 15 is 0 Å². The molecule has 1 heterocycles. The predicted molar refractivity (Wildman–Crippen MR) is 42.4 cm³/mol. The number of nitrogens with two attached hydrogens (primary N) is 1. The first kappa shape index (κ1) is 7.18. The van der Waals surface area contributed by atoms with Crippen LogP contribution in [-0.4, -0.2) is 4.98 Å². The quantitative estimate of drug-likeness (QED) is 0.764. The van der Waals surface area contributed by atoms with Crippen molar-refractivity contribution in [1.29, 1.82) is 0 Å². The van der Waals surface area contributed by atoms with Gasteiger partial charge < -0.3 is 5.73 Å². The summed E-state index contributed by atoms with van der Waals surface area (Å²) in [4.78, 5) is 5.11. The second-order valence-electron chi connectivity index (χ2n) is 1.80. The maximum absolute atomic E-state index is 5.58. The second-order valence-corrected chi connectivity index (χ2v) is 4.14. The van der Waals surface area contributed by atoms with Crippen LogP contribution in [0.2, 0.25) is 0 Å². The molecule has 0 aliphatic rings. The van der Waals surface area contributed by atoms with Crippen molar-refractivity contribution in [2.75, 3.05) is 0 Å². The molecule has 0 aliphatic heterocycles. The van der Waals surface area contributed by atoms with Crippen molar-refractivity contribution in [3.8, 4) is 0 Å². The van der Waals surface area contributed by atoms with Gasteiger partial charge in [-0.3, -0.25) is 0 Å². The summed E-state index contributed by atoms with van der Waals surface area (Å²) in [6, 6.07) is 0.105. The Labute approximate surface area is 66.2 Å². The Bertz CT molecular complexity index is 197. The van der Waals surface area contributed by atoms with Gasteiger partial charge in [-0.2, -0.15) is 0 Å². The first-order valence-electron chi connectivity index (χ1n) is 2.57. The monoisotopic (exact) mass is 206 g/mol. The van der Waals surface area contributed by atoms with Crippen molar-refractivity contribution in [2.24, 2.45) is 5.73 Å². The number of thiazole rings is 1. The Morgan fingerprint density at radius 2 is 2.56 bits per heavy atom. The Morgan fingerprint density at radius 1 is 1.89 bits per heavy atom. The summed E-state index contributed by atoms with van der Waals surface area (Å²) in [6.07, 6.45) is 1.79. The molecule has 0 aromatic carbocycles. The summed E-state index contributed by atoms with van der Waals surface area (Å²) in [6.45, 7) is 1.94. The topological polar surface area (TPSA) is 38.9 Å². The number of nitrogens with zero attached hydrogens (tertiary/aromatic N) is 1. The fraction of sp³-hybridized carbons (Fsp3) is 0.400. The zero-order valence-corrected chi connectivity index (χ0v) is 7.37. The van der Waals surface area contributed by atoms with Crippen molar-refractivity contribution < 1.29 is 0 Å². The minimum Gasteiger partial charge on any atom is -0.323 e. The molecule has 0 bridgehead atoms. The lowest BCUT2D eigenvalue weighted by molar-refractivity contribution is 0.835. The molecule has 50 valence electrons. The third-order valence-corrected chi connectivity index (χ3v) is 2.62. The summed E-state index contributed by atoms with van der Waals surface area (Å²) in [7, 11) is 0. The van der Waals surface area contributed by atoms with E-state index in [4.69, 9.17) is 5.73 Å². The molecule has 0 aliphatic carbocycles. The average Bonchev–Trinajstić information content (AvgIpc) is 2.14. The zero-order chi connectivity index (χ0) is 6.85.